The SMILES string of the molecule is CC(C)(C)OC(=O)n1nc(C2CCNCC2)c2ccc(NC(=O)c3ccccc3O)cc21. The zero-order valence-corrected chi connectivity index (χ0v) is 18.5. The number of hydrogen-bond donors (Lipinski definition) is 3. The van der Waals surface area contributed by atoms with E-state index in [-0.39, 0.29) is 17.2 Å². The van der Waals surface area contributed by atoms with Gasteiger partial charge in [-0.15, -0.1) is 0 Å². The molecule has 168 valence electrons. The van der Waals surface area contributed by atoms with Gasteiger partial charge in [-0.05, 0) is 77.0 Å². The second kappa shape index (κ2) is 8.63. The van der Waals surface area contributed by atoms with Gasteiger partial charge in [-0.2, -0.15) is 9.78 Å². The van der Waals surface area contributed by atoms with Crippen molar-refractivity contribution in [2.24, 2.45) is 0 Å². The van der Waals surface area contributed by atoms with Crippen LogP contribution in [0.3, 0.4) is 0 Å². The number of anilines is 1. The number of para-hydroxylation sites is 1. The van der Waals surface area contributed by atoms with Gasteiger partial charge >= 0.3 is 6.09 Å². The third-order valence-corrected chi connectivity index (χ3v) is 5.41. The molecule has 1 aliphatic rings. The van der Waals surface area contributed by atoms with Crippen molar-refractivity contribution in [3.8, 4) is 5.75 Å². The van der Waals surface area contributed by atoms with Gasteiger partial charge in [-0.1, -0.05) is 12.1 Å². The number of piperidine rings is 1. The Morgan fingerprint density at radius 3 is 2.56 bits per heavy atom. The molecule has 3 N–H and O–H groups in total. The van der Waals surface area contributed by atoms with Crippen LogP contribution in [0.1, 0.15) is 55.6 Å². The molecule has 1 aromatic heterocycles. The number of carbonyl (C=O) groups is 2. The fourth-order valence-corrected chi connectivity index (χ4v) is 3.92. The maximum absolute atomic E-state index is 12.9. The van der Waals surface area contributed by atoms with Gasteiger partial charge < -0.3 is 20.5 Å². The van der Waals surface area contributed by atoms with Crippen LogP contribution in [-0.4, -0.2) is 45.6 Å². The highest BCUT2D eigenvalue weighted by molar-refractivity contribution is 6.07. The maximum atomic E-state index is 12.9. The van der Waals surface area contributed by atoms with E-state index < -0.39 is 17.6 Å². The van der Waals surface area contributed by atoms with Gasteiger partial charge in [-0.3, -0.25) is 4.79 Å². The lowest BCUT2D eigenvalue weighted by Gasteiger charge is -2.21. The minimum Gasteiger partial charge on any atom is -0.507 e. The summed E-state index contributed by atoms with van der Waals surface area (Å²) >= 11 is 0. The Balaban J connectivity index is 1.72. The van der Waals surface area contributed by atoms with Crippen LogP contribution in [0, 0.1) is 0 Å². The lowest BCUT2D eigenvalue weighted by atomic mass is 9.92. The molecule has 3 aromatic rings. The number of ether oxygens (including phenoxy) is 1. The summed E-state index contributed by atoms with van der Waals surface area (Å²) in [5, 5.41) is 21.6. The molecule has 0 radical (unpaired) electrons. The number of aromatic nitrogens is 2. The number of aromatic hydroxyl groups is 1. The summed E-state index contributed by atoms with van der Waals surface area (Å²) in [5.41, 5.74) is 1.44. The monoisotopic (exact) mass is 436 g/mol. The molecule has 32 heavy (non-hydrogen) atoms. The van der Waals surface area contributed by atoms with Gasteiger partial charge in [0.1, 0.15) is 11.4 Å². The smallest absolute Gasteiger partial charge is 0.435 e. The van der Waals surface area contributed by atoms with Crippen molar-refractivity contribution >= 4 is 28.6 Å². The fraction of sp³-hybridized carbons (Fsp3) is 0.375. The van der Waals surface area contributed by atoms with Crippen molar-refractivity contribution in [3.05, 3.63) is 53.7 Å². The highest BCUT2D eigenvalue weighted by atomic mass is 16.6. The quantitative estimate of drug-likeness (QED) is 0.567. The highest BCUT2D eigenvalue weighted by Gasteiger charge is 2.26. The van der Waals surface area contributed by atoms with Gasteiger partial charge in [0, 0.05) is 17.0 Å². The third kappa shape index (κ3) is 4.60. The second-order valence-corrected chi connectivity index (χ2v) is 9.00. The number of rotatable bonds is 3. The lowest BCUT2D eigenvalue weighted by Crippen LogP contribution is -2.28. The number of nitrogens with one attached hydrogen (secondary N) is 2. The summed E-state index contributed by atoms with van der Waals surface area (Å²) in [5.74, 6) is -0.299. The topological polar surface area (TPSA) is 105 Å². The summed E-state index contributed by atoms with van der Waals surface area (Å²) < 4.78 is 6.85. The van der Waals surface area contributed by atoms with E-state index in [2.05, 4.69) is 15.7 Å². The summed E-state index contributed by atoms with van der Waals surface area (Å²) in [7, 11) is 0. The van der Waals surface area contributed by atoms with Gasteiger partial charge in [0.05, 0.1) is 16.8 Å². The molecule has 2 aromatic carbocycles. The van der Waals surface area contributed by atoms with E-state index in [1.807, 2.05) is 26.8 Å². The van der Waals surface area contributed by atoms with Crippen LogP contribution in [0.15, 0.2) is 42.5 Å². The molecule has 1 fully saturated rings. The molecule has 1 aliphatic heterocycles. The first-order chi connectivity index (χ1) is 15.2. The Hall–Kier alpha value is -3.39. The lowest BCUT2D eigenvalue weighted by molar-refractivity contribution is 0.0521. The van der Waals surface area contributed by atoms with Crippen LogP contribution < -0.4 is 10.6 Å². The molecular formula is C24H28N4O4. The van der Waals surface area contributed by atoms with Crippen molar-refractivity contribution in [2.45, 2.75) is 45.1 Å². The molecular weight excluding hydrogens is 408 g/mol. The van der Waals surface area contributed by atoms with Crippen LogP contribution >= 0.6 is 0 Å². The van der Waals surface area contributed by atoms with Crippen LogP contribution in [0.5, 0.6) is 5.75 Å². The van der Waals surface area contributed by atoms with Gasteiger partial charge in [0.15, 0.2) is 0 Å². The molecule has 0 saturated carbocycles. The summed E-state index contributed by atoms with van der Waals surface area (Å²) in [6.45, 7) is 7.23. The predicted molar refractivity (Wildman–Crippen MR) is 122 cm³/mol. The van der Waals surface area contributed by atoms with Crippen molar-refractivity contribution < 1.29 is 19.4 Å². The summed E-state index contributed by atoms with van der Waals surface area (Å²) in [4.78, 5) is 25.6. The molecule has 0 spiro atoms. The number of fused-ring (bicyclic) bond motifs is 1. The van der Waals surface area contributed by atoms with Crippen LogP contribution in [-0.2, 0) is 4.74 Å². The zero-order chi connectivity index (χ0) is 22.9. The standard InChI is InChI=1S/C24H28N4O4/c1-24(2,3)32-23(31)28-19-14-16(26-22(30)18-6-4-5-7-20(18)29)8-9-17(19)21(27-28)15-10-12-25-13-11-15/h4-9,14-15,25,29H,10-13H2,1-3H3,(H,26,30). The van der Waals surface area contributed by atoms with Crippen molar-refractivity contribution in [1.82, 2.24) is 15.1 Å². The first-order valence-corrected chi connectivity index (χ1v) is 10.8. The van der Waals surface area contributed by atoms with Crippen molar-refractivity contribution in [2.75, 3.05) is 18.4 Å². The van der Waals surface area contributed by atoms with E-state index in [4.69, 9.17) is 4.74 Å². The molecule has 2 heterocycles. The van der Waals surface area contributed by atoms with Crippen molar-refractivity contribution in [3.63, 3.8) is 0 Å². The van der Waals surface area contributed by atoms with Gasteiger partial charge in [-0.25, -0.2) is 4.79 Å². The Bertz CT molecular complexity index is 1160. The Labute approximate surface area is 186 Å². The maximum Gasteiger partial charge on any atom is 0.435 e. The number of hydrogen-bond acceptors (Lipinski definition) is 6. The van der Waals surface area contributed by atoms with E-state index in [1.165, 1.54) is 10.7 Å². The zero-order valence-electron chi connectivity index (χ0n) is 18.5. The molecule has 0 atom stereocenters. The molecule has 1 amide bonds. The van der Waals surface area contributed by atoms with E-state index in [0.29, 0.717) is 11.2 Å². The molecule has 0 aliphatic carbocycles. The third-order valence-electron chi connectivity index (χ3n) is 5.41. The second-order valence-electron chi connectivity index (χ2n) is 9.00. The number of carbonyl (C=O) groups excluding carboxylic acids is 2. The van der Waals surface area contributed by atoms with Crippen molar-refractivity contribution in [1.29, 1.82) is 0 Å². The molecule has 4 rings (SSSR count). The van der Waals surface area contributed by atoms with Crippen LogP contribution in [0.4, 0.5) is 10.5 Å². The highest BCUT2D eigenvalue weighted by Crippen LogP contribution is 2.33. The first kappa shape index (κ1) is 21.8. The molecule has 8 nitrogen and oxygen atoms in total. The molecule has 0 bridgehead atoms. The fourth-order valence-electron chi connectivity index (χ4n) is 3.92. The molecule has 8 heteroatoms. The predicted octanol–water partition coefficient (Wildman–Crippen LogP) is 4.24. The first-order valence-electron chi connectivity index (χ1n) is 10.8. The average molecular weight is 437 g/mol. The number of phenolic OH excluding ortho intramolecular Hbond substituents is 1. The normalized spacial score (nSPS) is 15.0. The van der Waals surface area contributed by atoms with Gasteiger partial charge in [0.25, 0.3) is 5.91 Å². The number of phenols is 1. The Morgan fingerprint density at radius 2 is 1.88 bits per heavy atom. The minimum atomic E-state index is -0.666. The summed E-state index contributed by atoms with van der Waals surface area (Å²) in [6.07, 6.45) is 1.31. The van der Waals surface area contributed by atoms with E-state index in [9.17, 15) is 14.7 Å². The van der Waals surface area contributed by atoms with E-state index >= 15 is 0 Å². The number of nitrogens with zero attached hydrogens (tertiary/aromatic N) is 2. The Kier molecular flexibility index (Phi) is 5.88. The molecule has 1 saturated heterocycles. The van der Waals surface area contributed by atoms with Gasteiger partial charge in [0.2, 0.25) is 0 Å². The number of benzene rings is 2. The minimum absolute atomic E-state index is 0.0990. The average Bonchev–Trinajstić information content (AvgIpc) is 3.12. The number of amides is 1. The summed E-state index contributed by atoms with van der Waals surface area (Å²) in [6, 6.07) is 11.7. The van der Waals surface area contributed by atoms with E-state index in [0.717, 1.165) is 37.0 Å². The van der Waals surface area contributed by atoms with E-state index in [1.54, 1.807) is 30.3 Å². The largest absolute Gasteiger partial charge is 0.507 e. The Morgan fingerprint density at radius 1 is 1.16 bits per heavy atom. The van der Waals surface area contributed by atoms with Crippen LogP contribution in [0.25, 0.3) is 10.9 Å². The van der Waals surface area contributed by atoms with Crippen LogP contribution in [0.2, 0.25) is 0 Å². The molecule has 0 unspecified atom stereocenters.